The minimum Gasteiger partial charge on any atom is -0.493 e. The van der Waals surface area contributed by atoms with E-state index < -0.39 is 0 Å². The van der Waals surface area contributed by atoms with Gasteiger partial charge in [-0.25, -0.2) is 9.97 Å². The Balaban J connectivity index is 0.000000167. The van der Waals surface area contributed by atoms with E-state index in [-0.39, 0.29) is 11.1 Å². The Morgan fingerprint density at radius 2 is 1.10 bits per heavy atom. The topological polar surface area (TPSA) is 113 Å². The Kier molecular flexibility index (Phi) is 13.0. The fraction of sp³-hybridized carbons (Fsp3) is 0.318. The van der Waals surface area contributed by atoms with Crippen LogP contribution in [0.5, 0.6) is 23.0 Å². The van der Waals surface area contributed by atoms with E-state index in [1.165, 1.54) is 52.9 Å². The molecule has 0 atom stereocenters. The summed E-state index contributed by atoms with van der Waals surface area (Å²) in [4.78, 5) is 40.8. The maximum absolute atomic E-state index is 13.2. The van der Waals surface area contributed by atoms with E-state index in [1.54, 1.807) is 31.4 Å². The summed E-state index contributed by atoms with van der Waals surface area (Å²) in [6, 6.07) is 24.9. The summed E-state index contributed by atoms with van der Waals surface area (Å²) in [7, 11) is 3.22. The number of ether oxygens (including phenoxy) is 4. The third-order valence-electron chi connectivity index (χ3n) is 10.5. The number of fused-ring (bicyclic) bond motifs is 2. The minimum atomic E-state index is -0.0968. The van der Waals surface area contributed by atoms with Crippen molar-refractivity contribution < 1.29 is 18.9 Å². The van der Waals surface area contributed by atoms with E-state index >= 15 is 0 Å². The SMILES string of the molecule is COc1cc(-n2cnc3cc(-c4ccccc4)sc3c2=O)ccc1OCCN1CCCC1.COc1cc(-n2cnc3cc(Br)sc3c2=O)ccc1OCCN1CCCC1. The summed E-state index contributed by atoms with van der Waals surface area (Å²) in [5, 5.41) is 0. The molecule has 0 saturated carbocycles. The molecule has 3 aromatic carbocycles. The van der Waals surface area contributed by atoms with Gasteiger partial charge in [-0.2, -0.15) is 0 Å². The van der Waals surface area contributed by atoms with Crippen molar-refractivity contribution in [1.29, 1.82) is 0 Å². The molecule has 0 amide bonds. The van der Waals surface area contributed by atoms with E-state index in [9.17, 15) is 9.59 Å². The average molecular weight is 898 g/mol. The molecule has 0 bridgehead atoms. The second-order valence-electron chi connectivity index (χ2n) is 14.3. The zero-order valence-corrected chi connectivity index (χ0v) is 36.2. The van der Waals surface area contributed by atoms with Gasteiger partial charge in [0.2, 0.25) is 0 Å². The van der Waals surface area contributed by atoms with Crippen molar-refractivity contribution in [3.05, 3.63) is 116 Å². The fourth-order valence-corrected chi connectivity index (χ4v) is 9.86. The molecule has 0 unspecified atom stereocenters. The molecule has 59 heavy (non-hydrogen) atoms. The molecule has 4 aromatic heterocycles. The van der Waals surface area contributed by atoms with Crippen LogP contribution in [-0.2, 0) is 0 Å². The molecule has 9 rings (SSSR count). The maximum atomic E-state index is 13.2. The molecule has 15 heteroatoms. The van der Waals surface area contributed by atoms with Gasteiger partial charge in [0, 0.05) is 30.1 Å². The monoisotopic (exact) mass is 896 g/mol. The summed E-state index contributed by atoms with van der Waals surface area (Å²) in [5.41, 5.74) is 3.70. The molecule has 12 nitrogen and oxygen atoms in total. The molecule has 306 valence electrons. The highest BCUT2D eigenvalue weighted by molar-refractivity contribution is 9.11. The number of aromatic nitrogens is 4. The quantitative estimate of drug-likeness (QED) is 0.112. The van der Waals surface area contributed by atoms with Gasteiger partial charge in [0.05, 0.1) is 40.4 Å². The number of hydrogen-bond donors (Lipinski definition) is 0. The van der Waals surface area contributed by atoms with Crippen LogP contribution in [-0.4, -0.2) is 95.6 Å². The zero-order valence-electron chi connectivity index (χ0n) is 33.0. The maximum Gasteiger partial charge on any atom is 0.275 e. The van der Waals surface area contributed by atoms with E-state index in [4.69, 9.17) is 18.9 Å². The van der Waals surface area contributed by atoms with Crippen LogP contribution in [0.3, 0.4) is 0 Å². The lowest BCUT2D eigenvalue weighted by molar-refractivity contribution is 0.230. The van der Waals surface area contributed by atoms with Gasteiger partial charge in [0.1, 0.15) is 35.3 Å². The Hall–Kier alpha value is -5.06. The summed E-state index contributed by atoms with van der Waals surface area (Å²) >= 11 is 6.26. The van der Waals surface area contributed by atoms with Gasteiger partial charge in [-0.3, -0.25) is 28.5 Å². The first-order valence-electron chi connectivity index (χ1n) is 19.7. The highest BCUT2D eigenvalue weighted by Crippen LogP contribution is 2.33. The van der Waals surface area contributed by atoms with Crippen LogP contribution in [0.25, 0.3) is 42.2 Å². The molecular formula is C44H45BrN6O6S2. The van der Waals surface area contributed by atoms with Crippen LogP contribution < -0.4 is 30.1 Å². The smallest absolute Gasteiger partial charge is 0.275 e. The van der Waals surface area contributed by atoms with Crippen LogP contribution in [0.4, 0.5) is 0 Å². The molecule has 0 radical (unpaired) electrons. The highest BCUT2D eigenvalue weighted by Gasteiger charge is 2.17. The number of nitrogens with zero attached hydrogens (tertiary/aromatic N) is 6. The summed E-state index contributed by atoms with van der Waals surface area (Å²) in [6.07, 6.45) is 8.20. The normalized spacial score (nSPS) is 14.4. The molecule has 2 aliphatic heterocycles. The van der Waals surface area contributed by atoms with E-state index in [0.29, 0.717) is 68.0 Å². The van der Waals surface area contributed by atoms with Gasteiger partial charge in [0.25, 0.3) is 11.1 Å². The van der Waals surface area contributed by atoms with Crippen molar-refractivity contribution >= 4 is 59.0 Å². The molecule has 2 fully saturated rings. The van der Waals surface area contributed by atoms with Gasteiger partial charge in [-0.05, 0) is 110 Å². The van der Waals surface area contributed by atoms with Gasteiger partial charge in [0.15, 0.2) is 23.0 Å². The van der Waals surface area contributed by atoms with Crippen molar-refractivity contribution in [3.8, 4) is 44.8 Å². The van der Waals surface area contributed by atoms with E-state index in [2.05, 4.69) is 35.7 Å². The highest BCUT2D eigenvalue weighted by atomic mass is 79.9. The molecule has 2 aliphatic rings. The number of hydrogen-bond acceptors (Lipinski definition) is 12. The lowest BCUT2D eigenvalue weighted by atomic mass is 10.2. The van der Waals surface area contributed by atoms with Gasteiger partial charge < -0.3 is 18.9 Å². The first-order chi connectivity index (χ1) is 28.9. The number of methoxy groups -OCH3 is 2. The zero-order chi connectivity index (χ0) is 40.7. The lowest BCUT2D eigenvalue weighted by Crippen LogP contribution is -2.25. The van der Waals surface area contributed by atoms with E-state index in [1.807, 2.05) is 78.9 Å². The molecule has 0 aliphatic carbocycles. The first kappa shape index (κ1) is 40.7. The third-order valence-corrected chi connectivity index (χ3v) is 13.3. The Bertz CT molecular complexity index is 2650. The lowest BCUT2D eigenvalue weighted by Gasteiger charge is -2.17. The number of rotatable bonds is 13. The predicted octanol–water partition coefficient (Wildman–Crippen LogP) is 8.29. The molecule has 6 heterocycles. The van der Waals surface area contributed by atoms with Crippen LogP contribution in [0.15, 0.2) is 105 Å². The number of thiophene rings is 2. The largest absolute Gasteiger partial charge is 0.493 e. The van der Waals surface area contributed by atoms with Gasteiger partial charge >= 0.3 is 0 Å². The minimum absolute atomic E-state index is 0.0908. The van der Waals surface area contributed by atoms with Crippen molar-refractivity contribution in [1.82, 2.24) is 28.9 Å². The average Bonchev–Trinajstić information content (AvgIpc) is 4.11. The molecule has 7 aromatic rings. The van der Waals surface area contributed by atoms with Gasteiger partial charge in [-0.1, -0.05) is 30.3 Å². The molecule has 0 N–H and O–H groups in total. The van der Waals surface area contributed by atoms with Crippen molar-refractivity contribution in [2.75, 3.05) is 66.7 Å². The Morgan fingerprint density at radius 1 is 0.610 bits per heavy atom. The molecular weight excluding hydrogens is 853 g/mol. The van der Waals surface area contributed by atoms with Crippen molar-refractivity contribution in [2.24, 2.45) is 0 Å². The number of halogens is 1. The summed E-state index contributed by atoms with van der Waals surface area (Å²) < 4.78 is 28.1. The fourth-order valence-electron chi connectivity index (χ4n) is 7.34. The second kappa shape index (κ2) is 18.9. The summed E-state index contributed by atoms with van der Waals surface area (Å²) in [6.45, 7) is 7.64. The standard InChI is InChI=1S/C25H25N3O3S.C19H20BrN3O3S/c1-30-22-15-19(9-10-21(22)31-14-13-27-11-5-6-12-27)28-17-26-20-16-23(32-24(20)25(28)29)18-7-3-2-4-8-18;1-25-16-10-13(4-5-15(16)26-9-8-22-6-2-3-7-22)23-12-21-14-11-17(20)27-18(14)19(23)24/h2-4,7-10,15-17H,5-6,11-14H2,1H3;4-5,10-12H,2-3,6-9H2,1H3. The van der Waals surface area contributed by atoms with Crippen LogP contribution in [0.1, 0.15) is 25.7 Å². The number of likely N-dealkylation sites (tertiary alicyclic amines) is 2. The van der Waals surface area contributed by atoms with Crippen LogP contribution in [0, 0.1) is 0 Å². The number of benzene rings is 3. The van der Waals surface area contributed by atoms with Crippen LogP contribution >= 0.6 is 38.6 Å². The van der Waals surface area contributed by atoms with Crippen LogP contribution in [0.2, 0.25) is 0 Å². The third kappa shape index (κ3) is 9.39. The van der Waals surface area contributed by atoms with E-state index in [0.717, 1.165) is 53.5 Å². The first-order valence-corrected chi connectivity index (χ1v) is 22.1. The Labute approximate surface area is 358 Å². The van der Waals surface area contributed by atoms with Gasteiger partial charge in [-0.15, -0.1) is 22.7 Å². The molecule has 2 saturated heterocycles. The summed E-state index contributed by atoms with van der Waals surface area (Å²) in [5.74, 6) is 2.57. The van der Waals surface area contributed by atoms with Crippen molar-refractivity contribution in [2.45, 2.75) is 25.7 Å². The Morgan fingerprint density at radius 3 is 1.61 bits per heavy atom. The molecule has 0 spiro atoms. The predicted molar refractivity (Wildman–Crippen MR) is 239 cm³/mol. The second-order valence-corrected chi connectivity index (χ2v) is 17.7. The van der Waals surface area contributed by atoms with Crippen molar-refractivity contribution in [3.63, 3.8) is 0 Å².